The Balaban J connectivity index is 4.26. The zero-order valence-corrected chi connectivity index (χ0v) is 12.8. The fourth-order valence-electron chi connectivity index (χ4n) is 1.60. The van der Waals surface area contributed by atoms with E-state index < -0.39 is 17.9 Å². The van der Waals surface area contributed by atoms with Gasteiger partial charge in [-0.25, -0.2) is 4.79 Å². The molecule has 0 spiro atoms. The molecule has 0 saturated heterocycles. The molecular formula is C13H25N3O4. The van der Waals surface area contributed by atoms with Crippen LogP contribution in [0.1, 0.15) is 27.7 Å². The van der Waals surface area contributed by atoms with Gasteiger partial charge in [0.05, 0.1) is 5.92 Å². The molecule has 0 heterocycles. The number of rotatable bonds is 7. The lowest BCUT2D eigenvalue weighted by Gasteiger charge is -2.21. The molecule has 20 heavy (non-hydrogen) atoms. The van der Waals surface area contributed by atoms with Gasteiger partial charge < -0.3 is 20.6 Å². The predicted molar refractivity (Wildman–Crippen MR) is 75.3 cm³/mol. The molecule has 0 aliphatic rings. The Kier molecular flexibility index (Phi) is 7.64. The molecule has 116 valence electrons. The Hall–Kier alpha value is -1.79. The molecule has 3 N–H and O–H groups in total. The van der Waals surface area contributed by atoms with E-state index >= 15 is 0 Å². The van der Waals surface area contributed by atoms with Gasteiger partial charge in [0.25, 0.3) is 0 Å². The van der Waals surface area contributed by atoms with Crippen LogP contribution in [0.15, 0.2) is 0 Å². The van der Waals surface area contributed by atoms with Gasteiger partial charge in [0.1, 0.15) is 6.54 Å². The average molecular weight is 287 g/mol. The molecule has 0 bridgehead atoms. The molecule has 0 aromatic heterocycles. The minimum absolute atomic E-state index is 0.0105. The summed E-state index contributed by atoms with van der Waals surface area (Å²) < 4.78 is 0. The Bertz CT molecular complexity index is 356. The molecule has 0 aromatic carbocycles. The van der Waals surface area contributed by atoms with E-state index in [1.807, 2.05) is 13.8 Å². The Morgan fingerprint density at radius 1 is 1.15 bits per heavy atom. The van der Waals surface area contributed by atoms with Crippen molar-refractivity contribution in [3.8, 4) is 0 Å². The van der Waals surface area contributed by atoms with Crippen molar-refractivity contribution in [2.45, 2.75) is 33.7 Å². The number of amides is 3. The zero-order valence-electron chi connectivity index (χ0n) is 12.8. The summed E-state index contributed by atoms with van der Waals surface area (Å²) in [6.07, 6.45) is 0. The number of carboxylic acid groups (broad SMARTS) is 1. The molecule has 0 fully saturated rings. The third-order valence-corrected chi connectivity index (χ3v) is 2.77. The lowest BCUT2D eigenvalue weighted by Crippen LogP contribution is -2.46. The van der Waals surface area contributed by atoms with Gasteiger partial charge >= 0.3 is 12.0 Å². The molecule has 0 aliphatic carbocycles. The third-order valence-electron chi connectivity index (χ3n) is 2.77. The maximum absolute atomic E-state index is 11.8. The van der Waals surface area contributed by atoms with E-state index in [4.69, 9.17) is 5.11 Å². The normalized spacial score (nSPS) is 12.2. The van der Waals surface area contributed by atoms with Crippen molar-refractivity contribution in [2.75, 3.05) is 20.1 Å². The van der Waals surface area contributed by atoms with Crippen molar-refractivity contribution in [3.05, 3.63) is 0 Å². The van der Waals surface area contributed by atoms with Gasteiger partial charge in [0, 0.05) is 19.6 Å². The first kappa shape index (κ1) is 18.2. The molecule has 0 saturated carbocycles. The van der Waals surface area contributed by atoms with Crippen molar-refractivity contribution in [1.29, 1.82) is 0 Å². The number of nitrogens with zero attached hydrogens (tertiary/aromatic N) is 1. The summed E-state index contributed by atoms with van der Waals surface area (Å²) in [5.41, 5.74) is 0. The van der Waals surface area contributed by atoms with Gasteiger partial charge in [0.2, 0.25) is 5.91 Å². The maximum Gasteiger partial charge on any atom is 0.317 e. The Labute approximate surface area is 119 Å². The lowest BCUT2D eigenvalue weighted by molar-refractivity contribution is -0.143. The van der Waals surface area contributed by atoms with Gasteiger partial charge in [-0.05, 0) is 19.8 Å². The van der Waals surface area contributed by atoms with E-state index in [0.717, 1.165) is 0 Å². The number of urea groups is 1. The predicted octanol–water partition coefficient (Wildman–Crippen LogP) is 0.509. The first-order valence-corrected chi connectivity index (χ1v) is 6.66. The minimum atomic E-state index is -0.944. The number of hydrogen-bond acceptors (Lipinski definition) is 3. The van der Waals surface area contributed by atoms with Gasteiger partial charge in [-0.2, -0.15) is 0 Å². The summed E-state index contributed by atoms with van der Waals surface area (Å²) in [6, 6.07) is -0.452. The van der Waals surface area contributed by atoms with Crippen molar-refractivity contribution in [1.82, 2.24) is 15.5 Å². The molecule has 3 amide bonds. The fourth-order valence-corrected chi connectivity index (χ4v) is 1.60. The minimum Gasteiger partial charge on any atom is -0.481 e. The van der Waals surface area contributed by atoms with Crippen LogP contribution in [0.3, 0.4) is 0 Å². The summed E-state index contributed by atoms with van der Waals surface area (Å²) in [5.74, 6) is -1.92. The molecule has 0 aliphatic heterocycles. The summed E-state index contributed by atoms with van der Waals surface area (Å²) in [7, 11) is 1.49. The highest BCUT2D eigenvalue weighted by atomic mass is 16.4. The van der Waals surface area contributed by atoms with Crippen LogP contribution < -0.4 is 10.6 Å². The number of carbonyl (C=O) groups is 3. The van der Waals surface area contributed by atoms with Crippen molar-refractivity contribution in [2.24, 2.45) is 11.8 Å². The van der Waals surface area contributed by atoms with Crippen LogP contribution in [-0.2, 0) is 9.59 Å². The van der Waals surface area contributed by atoms with Gasteiger partial charge in [-0.1, -0.05) is 13.8 Å². The maximum atomic E-state index is 11.8. The number of nitrogens with one attached hydrogen (secondary N) is 2. The molecule has 7 heteroatoms. The summed E-state index contributed by atoms with van der Waals surface area (Å²) in [6.45, 7) is 7.21. The lowest BCUT2D eigenvalue weighted by atomic mass is 9.96. The first-order valence-electron chi connectivity index (χ1n) is 6.66. The average Bonchev–Trinajstić information content (AvgIpc) is 2.26. The molecule has 0 radical (unpaired) electrons. The highest BCUT2D eigenvalue weighted by molar-refractivity contribution is 5.84. The second-order valence-electron chi connectivity index (χ2n) is 5.45. The van der Waals surface area contributed by atoms with E-state index in [9.17, 15) is 14.4 Å². The Morgan fingerprint density at radius 2 is 1.70 bits per heavy atom. The van der Waals surface area contributed by atoms with E-state index in [-0.39, 0.29) is 31.0 Å². The van der Waals surface area contributed by atoms with Crippen LogP contribution in [0.5, 0.6) is 0 Å². The molecule has 0 rings (SSSR count). The van der Waals surface area contributed by atoms with Crippen molar-refractivity contribution < 1.29 is 19.5 Å². The monoisotopic (exact) mass is 287 g/mol. The van der Waals surface area contributed by atoms with Crippen LogP contribution in [0.25, 0.3) is 0 Å². The standard InChI is InChI=1S/C13H25N3O4/c1-8(2)10(12(18)19)6-14-13(20)16(5)7-11(17)15-9(3)4/h8-10H,6-7H2,1-5H3,(H,14,20)(H,15,17)(H,18,19). The second-order valence-corrected chi connectivity index (χ2v) is 5.45. The fraction of sp³-hybridized carbons (Fsp3) is 0.769. The molecular weight excluding hydrogens is 262 g/mol. The van der Waals surface area contributed by atoms with Crippen LogP contribution >= 0.6 is 0 Å². The van der Waals surface area contributed by atoms with Crippen LogP contribution in [-0.4, -0.2) is 54.1 Å². The van der Waals surface area contributed by atoms with Crippen molar-refractivity contribution >= 4 is 17.9 Å². The van der Waals surface area contributed by atoms with Crippen molar-refractivity contribution in [3.63, 3.8) is 0 Å². The van der Waals surface area contributed by atoms with E-state index in [0.29, 0.717) is 0 Å². The Morgan fingerprint density at radius 3 is 2.10 bits per heavy atom. The van der Waals surface area contributed by atoms with Gasteiger partial charge in [-0.3, -0.25) is 9.59 Å². The van der Waals surface area contributed by atoms with Crippen LogP contribution in [0, 0.1) is 11.8 Å². The van der Waals surface area contributed by atoms with E-state index in [1.165, 1.54) is 11.9 Å². The second kappa shape index (κ2) is 8.39. The topological polar surface area (TPSA) is 98.7 Å². The summed E-state index contributed by atoms with van der Waals surface area (Å²) in [4.78, 5) is 35.5. The molecule has 1 unspecified atom stereocenters. The summed E-state index contributed by atoms with van der Waals surface area (Å²) in [5, 5.41) is 14.2. The molecule has 1 atom stereocenters. The third kappa shape index (κ3) is 6.96. The quantitative estimate of drug-likeness (QED) is 0.635. The number of carboxylic acids is 1. The highest BCUT2D eigenvalue weighted by Gasteiger charge is 2.23. The largest absolute Gasteiger partial charge is 0.481 e. The molecule has 0 aromatic rings. The number of aliphatic carboxylic acids is 1. The number of likely N-dealkylation sites (N-methyl/N-ethyl adjacent to an activating group) is 1. The molecule has 7 nitrogen and oxygen atoms in total. The van der Waals surface area contributed by atoms with Crippen LogP contribution in [0.4, 0.5) is 4.79 Å². The van der Waals surface area contributed by atoms with E-state index in [1.54, 1.807) is 13.8 Å². The van der Waals surface area contributed by atoms with Crippen LogP contribution in [0.2, 0.25) is 0 Å². The number of carbonyl (C=O) groups excluding carboxylic acids is 2. The van der Waals surface area contributed by atoms with Gasteiger partial charge in [-0.15, -0.1) is 0 Å². The van der Waals surface area contributed by atoms with E-state index in [2.05, 4.69) is 10.6 Å². The smallest absolute Gasteiger partial charge is 0.317 e. The van der Waals surface area contributed by atoms with Gasteiger partial charge in [0.15, 0.2) is 0 Å². The number of hydrogen-bond donors (Lipinski definition) is 3. The summed E-state index contributed by atoms with van der Waals surface area (Å²) >= 11 is 0. The first-order chi connectivity index (χ1) is 9.15. The zero-order chi connectivity index (χ0) is 15.9. The SMILES string of the molecule is CC(C)NC(=O)CN(C)C(=O)NCC(C(=O)O)C(C)C. The highest BCUT2D eigenvalue weighted by Crippen LogP contribution is 2.09.